The van der Waals surface area contributed by atoms with Crippen molar-refractivity contribution in [3.8, 4) is 5.75 Å². The molecule has 0 aliphatic carbocycles. The highest BCUT2D eigenvalue weighted by molar-refractivity contribution is 9.10. The summed E-state index contributed by atoms with van der Waals surface area (Å²) in [4.78, 5) is 0. The predicted molar refractivity (Wildman–Crippen MR) is 93.1 cm³/mol. The Balaban J connectivity index is 1.88. The molecule has 110 valence electrons. The first kappa shape index (κ1) is 15.3. The molecule has 2 nitrogen and oxygen atoms in total. The molecule has 2 aromatic rings. The zero-order valence-corrected chi connectivity index (χ0v) is 15.1. The highest BCUT2D eigenvalue weighted by atomic mass is 79.9. The van der Waals surface area contributed by atoms with Crippen LogP contribution in [0.3, 0.4) is 0 Å². The van der Waals surface area contributed by atoms with Crippen molar-refractivity contribution in [2.45, 2.75) is 18.9 Å². The first-order chi connectivity index (χ1) is 10.0. The Labute approximate surface area is 145 Å². The van der Waals surface area contributed by atoms with Crippen molar-refractivity contribution in [2.24, 2.45) is 5.73 Å². The Morgan fingerprint density at radius 1 is 1.24 bits per heavy atom. The van der Waals surface area contributed by atoms with Crippen LogP contribution in [0.15, 0.2) is 39.3 Å². The van der Waals surface area contributed by atoms with Crippen LogP contribution in [0.25, 0.3) is 0 Å². The number of benzene rings is 2. The van der Waals surface area contributed by atoms with Crippen LogP contribution in [-0.4, -0.2) is 6.61 Å². The lowest BCUT2D eigenvalue weighted by Gasteiger charge is -2.16. The van der Waals surface area contributed by atoms with Crippen LogP contribution in [0, 0.1) is 0 Å². The topological polar surface area (TPSA) is 35.2 Å². The number of halogens is 3. The van der Waals surface area contributed by atoms with E-state index in [2.05, 4.69) is 44.0 Å². The van der Waals surface area contributed by atoms with Crippen molar-refractivity contribution in [1.29, 1.82) is 0 Å². The summed E-state index contributed by atoms with van der Waals surface area (Å²) in [5.41, 5.74) is 9.81. The van der Waals surface area contributed by atoms with Gasteiger partial charge < -0.3 is 10.5 Å². The number of rotatable bonds is 3. The fourth-order valence-corrected chi connectivity index (χ4v) is 3.66. The molecule has 0 saturated carbocycles. The third-order valence-electron chi connectivity index (χ3n) is 3.64. The summed E-state index contributed by atoms with van der Waals surface area (Å²) in [5, 5.41) is 0.692. The summed E-state index contributed by atoms with van der Waals surface area (Å²) < 4.78 is 7.70. The quantitative estimate of drug-likeness (QED) is 0.739. The minimum absolute atomic E-state index is 0.0961. The lowest BCUT2D eigenvalue weighted by atomic mass is 9.97. The average molecular weight is 432 g/mol. The van der Waals surface area contributed by atoms with Crippen molar-refractivity contribution in [3.63, 3.8) is 0 Å². The van der Waals surface area contributed by atoms with Gasteiger partial charge in [-0.1, -0.05) is 33.6 Å². The van der Waals surface area contributed by atoms with Crippen LogP contribution in [0.2, 0.25) is 5.02 Å². The molecular formula is C16H14Br2ClNO. The minimum Gasteiger partial charge on any atom is -0.493 e. The Morgan fingerprint density at radius 2 is 2.05 bits per heavy atom. The van der Waals surface area contributed by atoms with Gasteiger partial charge in [-0.05, 0) is 63.3 Å². The second-order valence-corrected chi connectivity index (χ2v) is 7.31. The van der Waals surface area contributed by atoms with Crippen molar-refractivity contribution >= 4 is 43.5 Å². The van der Waals surface area contributed by atoms with Gasteiger partial charge in [-0.2, -0.15) is 0 Å². The second-order valence-electron chi connectivity index (χ2n) is 5.14. The van der Waals surface area contributed by atoms with Crippen molar-refractivity contribution in [3.05, 3.63) is 61.0 Å². The van der Waals surface area contributed by atoms with Crippen molar-refractivity contribution in [2.75, 3.05) is 6.61 Å². The van der Waals surface area contributed by atoms with Crippen LogP contribution in [-0.2, 0) is 12.8 Å². The Hall–Kier alpha value is -0.550. The maximum absolute atomic E-state index is 6.36. The molecule has 1 aliphatic heterocycles. The molecule has 0 bridgehead atoms. The second kappa shape index (κ2) is 6.29. The van der Waals surface area contributed by atoms with E-state index in [1.54, 1.807) is 0 Å². The molecule has 1 heterocycles. The molecule has 2 N–H and O–H groups in total. The highest BCUT2D eigenvalue weighted by Gasteiger charge is 2.19. The maximum Gasteiger partial charge on any atom is 0.125 e. The molecular weight excluding hydrogens is 417 g/mol. The molecule has 0 spiro atoms. The molecule has 0 saturated heterocycles. The van der Waals surface area contributed by atoms with Gasteiger partial charge in [0.2, 0.25) is 0 Å². The molecule has 1 aliphatic rings. The van der Waals surface area contributed by atoms with E-state index in [-0.39, 0.29) is 6.04 Å². The number of ether oxygens (including phenoxy) is 1. The van der Waals surface area contributed by atoms with E-state index < -0.39 is 0 Å². The molecule has 0 radical (unpaired) electrons. The molecule has 0 aromatic heterocycles. The monoisotopic (exact) mass is 429 g/mol. The molecule has 1 unspecified atom stereocenters. The first-order valence-corrected chi connectivity index (χ1v) is 8.65. The average Bonchev–Trinajstić information content (AvgIpc) is 2.90. The van der Waals surface area contributed by atoms with E-state index in [4.69, 9.17) is 22.1 Å². The zero-order chi connectivity index (χ0) is 15.0. The fraction of sp³-hybridized carbons (Fsp3) is 0.250. The molecule has 1 atom stereocenters. The molecule has 2 aromatic carbocycles. The number of hydrogen-bond donors (Lipinski definition) is 1. The largest absolute Gasteiger partial charge is 0.493 e. The van der Waals surface area contributed by atoms with Crippen LogP contribution < -0.4 is 10.5 Å². The van der Waals surface area contributed by atoms with Crippen LogP contribution in [0.1, 0.15) is 22.7 Å². The Kier molecular flexibility index (Phi) is 4.60. The highest BCUT2D eigenvalue weighted by Crippen LogP contribution is 2.35. The molecule has 21 heavy (non-hydrogen) atoms. The van der Waals surface area contributed by atoms with E-state index in [1.165, 1.54) is 5.56 Å². The maximum atomic E-state index is 6.36. The number of nitrogens with two attached hydrogens (primary N) is 1. The van der Waals surface area contributed by atoms with Gasteiger partial charge in [-0.25, -0.2) is 0 Å². The van der Waals surface area contributed by atoms with E-state index >= 15 is 0 Å². The zero-order valence-electron chi connectivity index (χ0n) is 11.2. The van der Waals surface area contributed by atoms with Crippen molar-refractivity contribution < 1.29 is 4.74 Å². The summed E-state index contributed by atoms with van der Waals surface area (Å²) in [6.45, 7) is 0.751. The first-order valence-electron chi connectivity index (χ1n) is 6.69. The number of hydrogen-bond acceptors (Lipinski definition) is 2. The Morgan fingerprint density at radius 3 is 2.81 bits per heavy atom. The van der Waals surface area contributed by atoms with Crippen LogP contribution in [0.5, 0.6) is 5.75 Å². The molecule has 0 amide bonds. The summed E-state index contributed by atoms with van der Waals surface area (Å²) in [6, 6.07) is 9.93. The Bertz CT molecular complexity index is 690. The number of fused-ring (bicyclic) bond motifs is 1. The van der Waals surface area contributed by atoms with Gasteiger partial charge in [0.15, 0.2) is 0 Å². The van der Waals surface area contributed by atoms with Gasteiger partial charge in [0.25, 0.3) is 0 Å². The summed E-state index contributed by atoms with van der Waals surface area (Å²) in [6.07, 6.45) is 1.69. The predicted octanol–water partition coefficient (Wildman–Crippen LogP) is 5.04. The van der Waals surface area contributed by atoms with Gasteiger partial charge in [-0.15, -0.1) is 0 Å². The van der Waals surface area contributed by atoms with E-state index in [1.807, 2.05) is 18.2 Å². The van der Waals surface area contributed by atoms with Gasteiger partial charge in [0.1, 0.15) is 5.75 Å². The third kappa shape index (κ3) is 3.29. The van der Waals surface area contributed by atoms with Crippen LogP contribution in [0.4, 0.5) is 0 Å². The van der Waals surface area contributed by atoms with E-state index in [9.17, 15) is 0 Å². The third-order valence-corrected chi connectivity index (χ3v) is 5.31. The van der Waals surface area contributed by atoms with Gasteiger partial charge >= 0.3 is 0 Å². The molecule has 0 fully saturated rings. The normalized spacial score (nSPS) is 14.7. The smallest absolute Gasteiger partial charge is 0.125 e. The summed E-state index contributed by atoms with van der Waals surface area (Å²) >= 11 is 13.0. The lowest BCUT2D eigenvalue weighted by Crippen LogP contribution is -2.14. The SMILES string of the molecule is NC(Cc1cc(Br)cc2c1OCC2)c1ccc(Cl)c(Br)c1. The van der Waals surface area contributed by atoms with Gasteiger partial charge in [0.05, 0.1) is 11.6 Å². The van der Waals surface area contributed by atoms with Crippen molar-refractivity contribution in [1.82, 2.24) is 0 Å². The van der Waals surface area contributed by atoms with Gasteiger partial charge in [-0.3, -0.25) is 0 Å². The standard InChI is InChI=1S/C16H14Br2ClNO/c17-12-5-10-3-4-21-16(10)11(6-12)8-15(20)9-1-2-14(19)13(18)7-9/h1-2,5-7,15H,3-4,8,20H2. The molecule has 5 heteroatoms. The lowest BCUT2D eigenvalue weighted by molar-refractivity contribution is 0.352. The fourth-order valence-electron chi connectivity index (χ4n) is 2.60. The minimum atomic E-state index is -0.0961. The molecule has 3 rings (SSSR count). The van der Waals surface area contributed by atoms with Crippen LogP contribution >= 0.6 is 43.5 Å². The summed E-state index contributed by atoms with van der Waals surface area (Å²) in [5.74, 6) is 1.00. The van der Waals surface area contributed by atoms with E-state index in [0.29, 0.717) is 5.02 Å². The van der Waals surface area contributed by atoms with Gasteiger partial charge in [0, 0.05) is 21.4 Å². The van der Waals surface area contributed by atoms with E-state index in [0.717, 1.165) is 45.3 Å². The summed E-state index contributed by atoms with van der Waals surface area (Å²) in [7, 11) is 0.